The van der Waals surface area contributed by atoms with E-state index in [0.717, 1.165) is 24.2 Å². The molecule has 8 nitrogen and oxygen atoms in total. The van der Waals surface area contributed by atoms with Crippen LogP contribution in [0.2, 0.25) is 0 Å². The van der Waals surface area contributed by atoms with E-state index >= 15 is 0 Å². The number of aromatic hydroxyl groups is 1. The van der Waals surface area contributed by atoms with Crippen molar-refractivity contribution in [1.29, 1.82) is 0 Å². The third-order valence-electron chi connectivity index (χ3n) is 8.95. The zero-order chi connectivity index (χ0) is 24.0. The van der Waals surface area contributed by atoms with E-state index in [4.69, 9.17) is 4.74 Å². The van der Waals surface area contributed by atoms with Crippen molar-refractivity contribution >= 4 is 5.91 Å². The molecule has 8 heteroatoms. The highest BCUT2D eigenvalue weighted by Crippen LogP contribution is 2.66. The molecule has 34 heavy (non-hydrogen) atoms. The van der Waals surface area contributed by atoms with Crippen molar-refractivity contribution in [3.05, 3.63) is 34.6 Å². The van der Waals surface area contributed by atoms with Gasteiger partial charge < -0.3 is 30.5 Å². The van der Waals surface area contributed by atoms with Crippen molar-refractivity contribution in [3.8, 4) is 11.5 Å². The minimum atomic E-state index is -1.32. The molecule has 2 bridgehead atoms. The molecule has 184 valence electrons. The number of hydrogen-bond acceptors (Lipinski definition) is 7. The van der Waals surface area contributed by atoms with Crippen molar-refractivity contribution in [3.63, 3.8) is 0 Å². The average Bonchev–Trinajstić information content (AvgIpc) is 3.54. The summed E-state index contributed by atoms with van der Waals surface area (Å²) in [5.41, 5.74) is -0.765. The highest BCUT2D eigenvalue weighted by molar-refractivity contribution is 5.95. The van der Waals surface area contributed by atoms with Crippen molar-refractivity contribution in [2.24, 2.45) is 11.3 Å². The molecule has 5 aliphatic rings. The average molecular weight is 471 g/mol. The van der Waals surface area contributed by atoms with Gasteiger partial charge >= 0.3 is 0 Å². The van der Waals surface area contributed by atoms with Crippen molar-refractivity contribution < 1.29 is 30.0 Å². The number of hydrogen-bond donors (Lipinski definition) is 5. The van der Waals surface area contributed by atoms with E-state index in [-0.39, 0.29) is 42.7 Å². The molecule has 1 saturated heterocycles. The van der Waals surface area contributed by atoms with E-state index in [2.05, 4.69) is 10.2 Å². The quantitative estimate of drug-likeness (QED) is 0.427. The maximum atomic E-state index is 13.3. The molecule has 1 aromatic rings. The maximum Gasteiger partial charge on any atom is 0.250 e. The van der Waals surface area contributed by atoms with Crippen LogP contribution in [-0.2, 0) is 16.6 Å². The minimum absolute atomic E-state index is 0.00719. The SMILES string of the molecule is CC(C)(CO)CNC(=O)C1=C(O)[C@@H]2Oc3c(O)ccc4c3[C@@]23CCN(CC2CC2)[C@H](C4)[C@]3(O)C1. The first-order chi connectivity index (χ1) is 16.1. The van der Waals surface area contributed by atoms with E-state index in [0.29, 0.717) is 24.5 Å². The van der Waals surface area contributed by atoms with Crippen LogP contribution in [0.5, 0.6) is 11.5 Å². The first kappa shape index (κ1) is 22.2. The number of nitrogens with zero attached hydrogens (tertiary/aromatic N) is 1. The summed E-state index contributed by atoms with van der Waals surface area (Å²) in [6, 6.07) is 3.33. The van der Waals surface area contributed by atoms with Crippen LogP contribution in [0, 0.1) is 11.3 Å². The Hall–Kier alpha value is -2.29. The summed E-state index contributed by atoms with van der Waals surface area (Å²) in [6.45, 7) is 5.53. The van der Waals surface area contributed by atoms with Gasteiger partial charge in [0, 0.05) is 43.1 Å². The number of benzene rings is 1. The maximum absolute atomic E-state index is 13.3. The van der Waals surface area contributed by atoms with E-state index in [1.165, 1.54) is 12.8 Å². The largest absolute Gasteiger partial charge is 0.508 e. The number of nitrogens with one attached hydrogen (secondary N) is 1. The first-order valence-electron chi connectivity index (χ1n) is 12.4. The molecule has 3 aliphatic carbocycles. The normalized spacial score (nSPS) is 34.0. The van der Waals surface area contributed by atoms with Crippen LogP contribution in [0.1, 0.15) is 50.7 Å². The van der Waals surface area contributed by atoms with E-state index < -0.39 is 28.4 Å². The summed E-state index contributed by atoms with van der Waals surface area (Å²) >= 11 is 0. The molecular weight excluding hydrogens is 436 g/mol. The molecule has 0 radical (unpaired) electrons. The van der Waals surface area contributed by atoms with Crippen LogP contribution in [-0.4, -0.2) is 75.2 Å². The number of rotatable bonds is 6. The lowest BCUT2D eigenvalue weighted by molar-refractivity contribution is -0.172. The second kappa shape index (κ2) is 7.12. The molecule has 2 heterocycles. The minimum Gasteiger partial charge on any atom is -0.508 e. The molecule has 1 spiro atoms. The smallest absolute Gasteiger partial charge is 0.250 e. The molecule has 1 amide bonds. The second-order valence-corrected chi connectivity index (χ2v) is 11.8. The van der Waals surface area contributed by atoms with Gasteiger partial charge in [0.2, 0.25) is 0 Å². The summed E-state index contributed by atoms with van der Waals surface area (Å²) in [6.07, 6.45) is 2.70. The van der Waals surface area contributed by atoms with Crippen molar-refractivity contribution in [2.45, 2.75) is 69.1 Å². The van der Waals surface area contributed by atoms with Gasteiger partial charge in [-0.1, -0.05) is 19.9 Å². The Balaban J connectivity index is 1.45. The summed E-state index contributed by atoms with van der Waals surface area (Å²) in [7, 11) is 0. The molecule has 2 fully saturated rings. The third kappa shape index (κ3) is 2.85. The fourth-order valence-electron chi connectivity index (χ4n) is 6.85. The molecule has 4 atom stereocenters. The van der Waals surface area contributed by atoms with Gasteiger partial charge in [-0.25, -0.2) is 0 Å². The van der Waals surface area contributed by atoms with E-state index in [9.17, 15) is 25.2 Å². The van der Waals surface area contributed by atoms with Crippen molar-refractivity contribution in [1.82, 2.24) is 10.2 Å². The first-order valence-corrected chi connectivity index (χ1v) is 12.4. The zero-order valence-corrected chi connectivity index (χ0v) is 19.8. The number of aliphatic hydroxyl groups excluding tert-OH is 2. The van der Waals surface area contributed by atoms with Gasteiger partial charge in [-0.05, 0) is 49.8 Å². The number of phenolic OH excluding ortho intramolecular Hbond substituents is 1. The standard InChI is InChI=1S/C26H34N2O6/c1-24(2,13-29)12-27-23(32)16-10-26(33)18-9-15-5-6-17(30)21-19(15)25(26,22(34-21)20(16)31)7-8-28(18)11-14-3-4-14/h5-6,14,18,22,29-31,33H,3-4,7-13H2,1-2H3,(H,27,32)/t18-,22+,25+,26-/m1/s1. The molecule has 1 saturated carbocycles. The lowest BCUT2D eigenvalue weighted by Crippen LogP contribution is -2.75. The van der Waals surface area contributed by atoms with Gasteiger partial charge in [-0.3, -0.25) is 9.69 Å². The third-order valence-corrected chi connectivity index (χ3v) is 8.95. The number of carbonyl (C=O) groups is 1. The predicted molar refractivity (Wildman–Crippen MR) is 124 cm³/mol. The molecule has 0 aromatic heterocycles. The Morgan fingerprint density at radius 3 is 2.76 bits per heavy atom. The summed E-state index contributed by atoms with van der Waals surface area (Å²) in [5, 5.41) is 46.9. The number of piperidine rings is 1. The Morgan fingerprint density at radius 1 is 1.29 bits per heavy atom. The Bertz CT molecular complexity index is 1100. The molecule has 2 aliphatic heterocycles. The Kier molecular flexibility index (Phi) is 4.65. The van der Waals surface area contributed by atoms with Crippen LogP contribution in [0.25, 0.3) is 0 Å². The number of ether oxygens (including phenoxy) is 1. The Labute approximate surface area is 199 Å². The van der Waals surface area contributed by atoms with Gasteiger partial charge in [-0.15, -0.1) is 0 Å². The summed E-state index contributed by atoms with van der Waals surface area (Å²) in [4.78, 5) is 15.6. The van der Waals surface area contributed by atoms with Crippen LogP contribution in [0.15, 0.2) is 23.5 Å². The lowest BCUT2D eigenvalue weighted by Gasteiger charge is -2.62. The molecule has 5 N–H and O–H groups in total. The number of amides is 1. The van der Waals surface area contributed by atoms with Crippen LogP contribution < -0.4 is 10.1 Å². The predicted octanol–water partition coefficient (Wildman–Crippen LogP) is 1.51. The fraction of sp³-hybridized carbons (Fsp3) is 0.654. The zero-order valence-electron chi connectivity index (χ0n) is 19.8. The summed E-state index contributed by atoms with van der Waals surface area (Å²) < 4.78 is 6.21. The van der Waals surface area contributed by atoms with Crippen molar-refractivity contribution in [2.75, 3.05) is 26.2 Å². The van der Waals surface area contributed by atoms with Gasteiger partial charge in [0.25, 0.3) is 5.91 Å². The number of carbonyl (C=O) groups excluding carboxylic acids is 1. The van der Waals surface area contributed by atoms with Gasteiger partial charge in [-0.2, -0.15) is 0 Å². The molecule has 6 rings (SSSR count). The van der Waals surface area contributed by atoms with Gasteiger partial charge in [0.15, 0.2) is 17.6 Å². The lowest BCUT2D eigenvalue weighted by atomic mass is 9.49. The van der Waals surface area contributed by atoms with E-state index in [1.807, 2.05) is 19.9 Å². The van der Waals surface area contributed by atoms with Crippen LogP contribution >= 0.6 is 0 Å². The highest BCUT2D eigenvalue weighted by Gasteiger charge is 2.73. The van der Waals surface area contributed by atoms with E-state index in [1.54, 1.807) is 6.07 Å². The highest BCUT2D eigenvalue weighted by atomic mass is 16.5. The molecule has 0 unspecified atom stereocenters. The summed E-state index contributed by atoms with van der Waals surface area (Å²) in [5.74, 6) is 0.350. The fourth-order valence-corrected chi connectivity index (χ4v) is 6.85. The number of aliphatic hydroxyl groups is 3. The monoisotopic (exact) mass is 470 g/mol. The van der Waals surface area contributed by atoms with Gasteiger partial charge in [0.05, 0.1) is 16.6 Å². The molecular formula is C26H34N2O6. The number of likely N-dealkylation sites (tertiary alicyclic amines) is 1. The number of phenols is 1. The topological polar surface area (TPSA) is 122 Å². The second-order valence-electron chi connectivity index (χ2n) is 11.8. The van der Waals surface area contributed by atoms with Crippen LogP contribution in [0.3, 0.4) is 0 Å². The Morgan fingerprint density at radius 2 is 2.06 bits per heavy atom. The van der Waals surface area contributed by atoms with Gasteiger partial charge in [0.1, 0.15) is 5.76 Å². The molecule has 1 aromatic carbocycles. The van der Waals surface area contributed by atoms with Crippen LogP contribution in [0.4, 0.5) is 0 Å².